The van der Waals surface area contributed by atoms with Crippen molar-refractivity contribution in [1.29, 1.82) is 0 Å². The Hall–Kier alpha value is -0.570. The second-order valence-corrected chi connectivity index (χ2v) is 6.72. The minimum absolute atomic E-state index is 0.128. The number of amides is 1. The van der Waals surface area contributed by atoms with Crippen molar-refractivity contribution in [2.45, 2.75) is 71.4 Å². The van der Waals surface area contributed by atoms with Gasteiger partial charge in [0.1, 0.15) is 0 Å². The van der Waals surface area contributed by atoms with Gasteiger partial charge in [-0.3, -0.25) is 9.69 Å². The molecular weight excluding hydrogens is 236 g/mol. The van der Waals surface area contributed by atoms with Crippen molar-refractivity contribution in [2.24, 2.45) is 11.8 Å². The smallest absolute Gasteiger partial charge is 0.217 e. The minimum atomic E-state index is 0.128. The van der Waals surface area contributed by atoms with Gasteiger partial charge in [-0.05, 0) is 37.5 Å². The molecule has 3 heteroatoms. The van der Waals surface area contributed by atoms with Crippen LogP contribution in [0.1, 0.15) is 59.3 Å². The predicted octanol–water partition coefficient (Wildman–Crippen LogP) is 2.80. The number of rotatable bonds is 5. The third-order valence-corrected chi connectivity index (χ3v) is 4.98. The Morgan fingerprint density at radius 1 is 1.32 bits per heavy atom. The Morgan fingerprint density at radius 3 is 2.63 bits per heavy atom. The third-order valence-electron chi connectivity index (χ3n) is 4.98. The lowest BCUT2D eigenvalue weighted by molar-refractivity contribution is -0.120. The van der Waals surface area contributed by atoms with Gasteiger partial charge in [0.25, 0.3) is 0 Å². The van der Waals surface area contributed by atoms with Gasteiger partial charge in [-0.25, -0.2) is 0 Å². The molecule has 3 nitrogen and oxygen atoms in total. The summed E-state index contributed by atoms with van der Waals surface area (Å²) in [5.41, 5.74) is 0. The van der Waals surface area contributed by atoms with Crippen LogP contribution < -0.4 is 5.32 Å². The van der Waals surface area contributed by atoms with E-state index in [1.54, 1.807) is 6.92 Å². The molecule has 2 fully saturated rings. The molecule has 0 bridgehead atoms. The van der Waals surface area contributed by atoms with Crippen LogP contribution >= 0.6 is 0 Å². The maximum atomic E-state index is 11.3. The van der Waals surface area contributed by atoms with Crippen LogP contribution in [0.4, 0.5) is 0 Å². The van der Waals surface area contributed by atoms with E-state index in [1.165, 1.54) is 45.1 Å². The first kappa shape index (κ1) is 14.8. The molecule has 0 aromatic heterocycles. The lowest BCUT2D eigenvalue weighted by atomic mass is 9.77. The molecule has 0 radical (unpaired) electrons. The zero-order valence-electron chi connectivity index (χ0n) is 12.8. The lowest BCUT2D eigenvalue weighted by Gasteiger charge is -2.48. The van der Waals surface area contributed by atoms with Crippen molar-refractivity contribution in [3.63, 3.8) is 0 Å². The molecule has 0 aromatic rings. The average molecular weight is 266 g/mol. The second-order valence-electron chi connectivity index (χ2n) is 6.72. The number of nitrogens with zero attached hydrogens (tertiary/aromatic N) is 1. The number of piperidine rings is 1. The Labute approximate surface area is 118 Å². The first-order valence-corrected chi connectivity index (χ1v) is 8.11. The van der Waals surface area contributed by atoms with Crippen LogP contribution in [0.15, 0.2) is 0 Å². The van der Waals surface area contributed by atoms with Gasteiger partial charge in [0.05, 0.1) is 0 Å². The summed E-state index contributed by atoms with van der Waals surface area (Å²) in [4.78, 5) is 14.0. The first-order valence-electron chi connectivity index (χ1n) is 8.11. The maximum absolute atomic E-state index is 11.3. The zero-order valence-corrected chi connectivity index (χ0v) is 12.8. The molecule has 1 aliphatic heterocycles. The van der Waals surface area contributed by atoms with Crippen molar-refractivity contribution in [3.05, 3.63) is 0 Å². The summed E-state index contributed by atoms with van der Waals surface area (Å²) in [5, 5.41) is 3.16. The lowest BCUT2D eigenvalue weighted by Crippen LogP contribution is -2.57. The Kier molecular flexibility index (Phi) is 5.26. The highest BCUT2D eigenvalue weighted by molar-refractivity contribution is 5.73. The van der Waals surface area contributed by atoms with E-state index in [1.807, 2.05) is 0 Å². The Bertz CT molecular complexity index is 305. The summed E-state index contributed by atoms with van der Waals surface area (Å²) >= 11 is 0. The van der Waals surface area contributed by atoms with E-state index < -0.39 is 0 Å². The van der Waals surface area contributed by atoms with E-state index in [-0.39, 0.29) is 5.91 Å². The molecule has 4 unspecified atom stereocenters. The monoisotopic (exact) mass is 266 g/mol. The topological polar surface area (TPSA) is 32.3 Å². The molecule has 2 rings (SSSR count). The van der Waals surface area contributed by atoms with Crippen molar-refractivity contribution in [1.82, 2.24) is 10.2 Å². The fraction of sp³-hybridized carbons (Fsp3) is 0.938. The number of likely N-dealkylation sites (tertiary alicyclic amines) is 1. The molecule has 1 saturated heterocycles. The Morgan fingerprint density at radius 2 is 2.11 bits per heavy atom. The molecule has 0 spiro atoms. The van der Waals surface area contributed by atoms with E-state index >= 15 is 0 Å². The van der Waals surface area contributed by atoms with Crippen molar-refractivity contribution in [2.75, 3.05) is 13.1 Å². The van der Waals surface area contributed by atoms with Crippen LogP contribution in [-0.2, 0) is 4.79 Å². The molecule has 1 heterocycles. The van der Waals surface area contributed by atoms with Gasteiger partial charge in [0.15, 0.2) is 0 Å². The standard InChI is InChI=1S/C16H30N2O/c1-4-5-6-14-9-15(17-13(3)19)11-18(10-14)16-8-7-12(16)2/h12,14-16H,4-11H2,1-3H3,(H,17,19). The largest absolute Gasteiger partial charge is 0.352 e. The van der Waals surface area contributed by atoms with E-state index in [0.29, 0.717) is 6.04 Å². The first-order chi connectivity index (χ1) is 9.10. The summed E-state index contributed by atoms with van der Waals surface area (Å²) in [6.45, 7) is 8.60. The number of nitrogens with one attached hydrogen (secondary N) is 1. The SMILES string of the molecule is CCCCC1CC(NC(C)=O)CN(C2CCC2C)C1. The predicted molar refractivity (Wildman–Crippen MR) is 79.0 cm³/mol. The van der Waals surface area contributed by atoms with Crippen LogP contribution in [0, 0.1) is 11.8 Å². The van der Waals surface area contributed by atoms with E-state index in [4.69, 9.17) is 0 Å². The van der Waals surface area contributed by atoms with Gasteiger partial charge in [0.2, 0.25) is 5.91 Å². The molecule has 4 atom stereocenters. The van der Waals surface area contributed by atoms with Gasteiger partial charge in [-0.1, -0.05) is 26.7 Å². The number of unbranched alkanes of at least 4 members (excludes halogenated alkanes) is 1. The van der Waals surface area contributed by atoms with Gasteiger partial charge in [-0.2, -0.15) is 0 Å². The second kappa shape index (κ2) is 6.74. The fourth-order valence-corrected chi connectivity index (χ4v) is 3.80. The molecule has 1 aliphatic carbocycles. The fourth-order valence-electron chi connectivity index (χ4n) is 3.80. The highest BCUT2D eigenvalue weighted by atomic mass is 16.1. The summed E-state index contributed by atoms with van der Waals surface area (Å²) in [6, 6.07) is 1.15. The molecule has 110 valence electrons. The van der Waals surface area contributed by atoms with Gasteiger partial charge in [-0.15, -0.1) is 0 Å². The summed E-state index contributed by atoms with van der Waals surface area (Å²) < 4.78 is 0. The molecule has 1 amide bonds. The van der Waals surface area contributed by atoms with E-state index in [0.717, 1.165) is 24.4 Å². The van der Waals surface area contributed by atoms with E-state index in [2.05, 4.69) is 24.1 Å². The molecular formula is C16H30N2O. The van der Waals surface area contributed by atoms with Crippen LogP contribution in [0.3, 0.4) is 0 Å². The zero-order chi connectivity index (χ0) is 13.8. The molecule has 2 aliphatic rings. The van der Waals surface area contributed by atoms with Crippen LogP contribution in [0.2, 0.25) is 0 Å². The van der Waals surface area contributed by atoms with Crippen molar-refractivity contribution < 1.29 is 4.79 Å². The van der Waals surface area contributed by atoms with E-state index in [9.17, 15) is 4.79 Å². The molecule has 1 saturated carbocycles. The van der Waals surface area contributed by atoms with Crippen LogP contribution in [-0.4, -0.2) is 36.0 Å². The Balaban J connectivity index is 1.92. The number of carbonyl (C=O) groups excluding carboxylic acids is 1. The number of hydrogen-bond acceptors (Lipinski definition) is 2. The average Bonchev–Trinajstić information content (AvgIpc) is 2.33. The van der Waals surface area contributed by atoms with Gasteiger partial charge in [0, 0.05) is 32.1 Å². The van der Waals surface area contributed by atoms with Crippen LogP contribution in [0.5, 0.6) is 0 Å². The normalized spacial score (nSPS) is 35.7. The highest BCUT2D eigenvalue weighted by Crippen LogP contribution is 2.35. The van der Waals surface area contributed by atoms with Crippen molar-refractivity contribution in [3.8, 4) is 0 Å². The highest BCUT2D eigenvalue weighted by Gasteiger charge is 2.37. The van der Waals surface area contributed by atoms with Crippen LogP contribution in [0.25, 0.3) is 0 Å². The maximum Gasteiger partial charge on any atom is 0.217 e. The quantitative estimate of drug-likeness (QED) is 0.830. The van der Waals surface area contributed by atoms with Gasteiger partial charge >= 0.3 is 0 Å². The number of hydrogen-bond donors (Lipinski definition) is 1. The summed E-state index contributed by atoms with van der Waals surface area (Å²) in [5.74, 6) is 1.75. The summed E-state index contributed by atoms with van der Waals surface area (Å²) in [6.07, 6.45) is 7.84. The molecule has 0 aromatic carbocycles. The molecule has 19 heavy (non-hydrogen) atoms. The molecule has 1 N–H and O–H groups in total. The third kappa shape index (κ3) is 3.95. The number of carbonyl (C=O) groups is 1. The van der Waals surface area contributed by atoms with Crippen molar-refractivity contribution >= 4 is 5.91 Å². The summed E-state index contributed by atoms with van der Waals surface area (Å²) in [7, 11) is 0. The van der Waals surface area contributed by atoms with Gasteiger partial charge < -0.3 is 5.32 Å². The minimum Gasteiger partial charge on any atom is -0.352 e.